The van der Waals surface area contributed by atoms with Crippen molar-refractivity contribution in [2.75, 3.05) is 5.32 Å². The third-order valence-corrected chi connectivity index (χ3v) is 1.53. The molecule has 0 fully saturated rings. The van der Waals surface area contributed by atoms with Crippen molar-refractivity contribution in [1.82, 2.24) is 0 Å². The molecule has 70 valence electrons. The Labute approximate surface area is 75.7 Å². The van der Waals surface area contributed by atoms with Crippen LogP contribution in [0.2, 0.25) is 0 Å². The summed E-state index contributed by atoms with van der Waals surface area (Å²) in [5.74, 6) is -0.620. The van der Waals surface area contributed by atoms with Gasteiger partial charge in [0.05, 0.1) is 6.04 Å². The van der Waals surface area contributed by atoms with Crippen LogP contribution in [-0.4, -0.2) is 11.9 Å². The maximum atomic E-state index is 12.4. The van der Waals surface area contributed by atoms with Crippen molar-refractivity contribution in [1.29, 1.82) is 0 Å². The Morgan fingerprint density at radius 2 is 2.00 bits per heavy atom. The van der Waals surface area contributed by atoms with Gasteiger partial charge in [-0.15, -0.1) is 0 Å². The first kappa shape index (κ1) is 9.67. The smallest absolute Gasteiger partial charge is 0.240 e. The standard InChI is InChI=1S/C9H11FN2O/c1-6(11)9(13)12-8-4-2-7(10)3-5-8/h2-6H,11H2,1H3,(H,12,13)/t6-/m0/s1. The van der Waals surface area contributed by atoms with Crippen molar-refractivity contribution >= 4 is 11.6 Å². The molecule has 4 heteroatoms. The van der Waals surface area contributed by atoms with Gasteiger partial charge >= 0.3 is 0 Å². The van der Waals surface area contributed by atoms with Gasteiger partial charge in [-0.05, 0) is 31.2 Å². The molecule has 0 saturated heterocycles. The zero-order valence-electron chi connectivity index (χ0n) is 7.25. The lowest BCUT2D eigenvalue weighted by Crippen LogP contribution is -2.32. The highest BCUT2D eigenvalue weighted by atomic mass is 19.1. The number of hydrogen-bond acceptors (Lipinski definition) is 2. The molecule has 0 radical (unpaired) electrons. The molecule has 0 aromatic heterocycles. The number of halogens is 1. The quantitative estimate of drug-likeness (QED) is 0.719. The Bertz CT molecular complexity index is 295. The van der Waals surface area contributed by atoms with E-state index in [1.165, 1.54) is 24.3 Å². The van der Waals surface area contributed by atoms with Crippen molar-refractivity contribution < 1.29 is 9.18 Å². The van der Waals surface area contributed by atoms with E-state index in [1.54, 1.807) is 6.92 Å². The first-order valence-corrected chi connectivity index (χ1v) is 3.91. The minimum Gasteiger partial charge on any atom is -0.325 e. The van der Waals surface area contributed by atoms with Crippen molar-refractivity contribution in [3.05, 3.63) is 30.1 Å². The lowest BCUT2D eigenvalue weighted by atomic mass is 10.3. The summed E-state index contributed by atoms with van der Waals surface area (Å²) in [4.78, 5) is 11.1. The monoisotopic (exact) mass is 182 g/mol. The lowest BCUT2D eigenvalue weighted by molar-refractivity contribution is -0.117. The van der Waals surface area contributed by atoms with Gasteiger partial charge in [-0.25, -0.2) is 4.39 Å². The zero-order valence-corrected chi connectivity index (χ0v) is 7.25. The molecule has 1 aromatic carbocycles. The van der Waals surface area contributed by atoms with Crippen LogP contribution in [0.25, 0.3) is 0 Å². The number of nitrogens with one attached hydrogen (secondary N) is 1. The van der Waals surface area contributed by atoms with E-state index in [0.29, 0.717) is 5.69 Å². The van der Waals surface area contributed by atoms with Gasteiger partial charge in [0.15, 0.2) is 0 Å². The van der Waals surface area contributed by atoms with E-state index >= 15 is 0 Å². The summed E-state index contributed by atoms with van der Waals surface area (Å²) in [7, 11) is 0. The Hall–Kier alpha value is -1.42. The third kappa shape index (κ3) is 2.83. The molecule has 13 heavy (non-hydrogen) atoms. The van der Waals surface area contributed by atoms with E-state index in [2.05, 4.69) is 5.32 Å². The maximum absolute atomic E-state index is 12.4. The van der Waals surface area contributed by atoms with Crippen LogP contribution in [0.3, 0.4) is 0 Å². The average molecular weight is 182 g/mol. The fraction of sp³-hybridized carbons (Fsp3) is 0.222. The van der Waals surface area contributed by atoms with E-state index < -0.39 is 6.04 Å². The number of nitrogens with two attached hydrogens (primary N) is 1. The molecular formula is C9H11FN2O. The van der Waals surface area contributed by atoms with Gasteiger partial charge in [-0.3, -0.25) is 4.79 Å². The predicted octanol–water partition coefficient (Wildman–Crippen LogP) is 1.11. The molecule has 0 bridgehead atoms. The Morgan fingerprint density at radius 3 is 2.46 bits per heavy atom. The molecule has 0 aliphatic heterocycles. The van der Waals surface area contributed by atoms with Crippen molar-refractivity contribution in [3.63, 3.8) is 0 Å². The molecule has 0 aliphatic carbocycles. The largest absolute Gasteiger partial charge is 0.325 e. The number of carbonyl (C=O) groups excluding carboxylic acids is 1. The Kier molecular flexibility index (Phi) is 2.97. The van der Waals surface area contributed by atoms with Crippen molar-refractivity contribution in [3.8, 4) is 0 Å². The van der Waals surface area contributed by atoms with Crippen LogP contribution in [0, 0.1) is 5.82 Å². The summed E-state index contributed by atoms with van der Waals surface area (Å²) in [6.07, 6.45) is 0. The maximum Gasteiger partial charge on any atom is 0.240 e. The molecule has 3 N–H and O–H groups in total. The molecule has 0 aliphatic rings. The Morgan fingerprint density at radius 1 is 1.46 bits per heavy atom. The second-order valence-electron chi connectivity index (χ2n) is 2.78. The molecule has 0 unspecified atom stereocenters. The van der Waals surface area contributed by atoms with E-state index in [1.807, 2.05) is 0 Å². The van der Waals surface area contributed by atoms with Crippen molar-refractivity contribution in [2.45, 2.75) is 13.0 Å². The first-order chi connectivity index (χ1) is 6.09. The summed E-state index contributed by atoms with van der Waals surface area (Å²) in [6, 6.07) is 4.95. The normalized spacial score (nSPS) is 12.2. The average Bonchev–Trinajstić information content (AvgIpc) is 2.08. The zero-order chi connectivity index (χ0) is 9.84. The molecule has 1 aromatic rings. The molecule has 0 spiro atoms. The molecule has 1 amide bonds. The predicted molar refractivity (Wildman–Crippen MR) is 48.7 cm³/mol. The van der Waals surface area contributed by atoms with Crippen LogP contribution in [-0.2, 0) is 4.79 Å². The van der Waals surface area contributed by atoms with Crippen LogP contribution in [0.5, 0.6) is 0 Å². The van der Waals surface area contributed by atoms with Crippen molar-refractivity contribution in [2.24, 2.45) is 5.73 Å². The van der Waals surface area contributed by atoms with Gasteiger partial charge < -0.3 is 11.1 Å². The molecule has 1 rings (SSSR count). The van der Waals surface area contributed by atoms with Crippen LogP contribution in [0.4, 0.5) is 10.1 Å². The molecule has 1 atom stereocenters. The number of benzene rings is 1. The summed E-state index contributed by atoms with van der Waals surface area (Å²) in [5.41, 5.74) is 5.87. The van der Waals surface area contributed by atoms with Gasteiger partial charge in [0, 0.05) is 5.69 Å². The number of hydrogen-bond donors (Lipinski definition) is 2. The highest BCUT2D eigenvalue weighted by Crippen LogP contribution is 2.07. The SMILES string of the molecule is C[C@H](N)C(=O)Nc1ccc(F)cc1. The topological polar surface area (TPSA) is 55.1 Å². The summed E-state index contributed by atoms with van der Waals surface area (Å²) < 4.78 is 12.4. The molecule has 0 heterocycles. The first-order valence-electron chi connectivity index (χ1n) is 3.91. The highest BCUT2D eigenvalue weighted by Gasteiger charge is 2.06. The Balaban J connectivity index is 2.65. The van der Waals surface area contributed by atoms with Gasteiger partial charge in [-0.2, -0.15) is 0 Å². The highest BCUT2D eigenvalue weighted by molar-refractivity contribution is 5.94. The summed E-state index contributed by atoms with van der Waals surface area (Å²) in [5, 5.41) is 2.54. The van der Waals surface area contributed by atoms with Crippen LogP contribution in [0.15, 0.2) is 24.3 Å². The van der Waals surface area contributed by atoms with Gasteiger partial charge in [0.25, 0.3) is 0 Å². The van der Waals surface area contributed by atoms with E-state index in [0.717, 1.165) is 0 Å². The van der Waals surface area contributed by atoms with Gasteiger partial charge in [0.2, 0.25) is 5.91 Å². The van der Waals surface area contributed by atoms with Crippen LogP contribution >= 0.6 is 0 Å². The molecular weight excluding hydrogens is 171 g/mol. The second-order valence-corrected chi connectivity index (χ2v) is 2.78. The third-order valence-electron chi connectivity index (χ3n) is 1.53. The number of rotatable bonds is 2. The number of amides is 1. The van der Waals surface area contributed by atoms with Gasteiger partial charge in [-0.1, -0.05) is 0 Å². The molecule has 0 saturated carbocycles. The van der Waals surface area contributed by atoms with Gasteiger partial charge in [0.1, 0.15) is 5.82 Å². The fourth-order valence-corrected chi connectivity index (χ4v) is 0.789. The molecule has 3 nitrogen and oxygen atoms in total. The number of anilines is 1. The minimum absolute atomic E-state index is 0.286. The minimum atomic E-state index is -0.565. The summed E-state index contributed by atoms with van der Waals surface area (Å²) >= 11 is 0. The van der Waals surface area contributed by atoms with E-state index in [4.69, 9.17) is 5.73 Å². The van der Waals surface area contributed by atoms with Crippen LogP contribution < -0.4 is 11.1 Å². The second kappa shape index (κ2) is 4.00. The van der Waals surface area contributed by atoms with E-state index in [9.17, 15) is 9.18 Å². The van der Waals surface area contributed by atoms with Crippen LogP contribution in [0.1, 0.15) is 6.92 Å². The number of carbonyl (C=O) groups is 1. The van der Waals surface area contributed by atoms with E-state index in [-0.39, 0.29) is 11.7 Å². The summed E-state index contributed by atoms with van der Waals surface area (Å²) in [6.45, 7) is 1.58. The fourth-order valence-electron chi connectivity index (χ4n) is 0.789. The lowest BCUT2D eigenvalue weighted by Gasteiger charge is -2.06.